The molecule has 1 rings (SSSR count). The molecule has 8 nitrogen and oxygen atoms in total. The standard InChI is InChI=1S/C7H11N5O3/c8-10-9-5-6(13)11-1-3-12(4-2-11)7(14)15/h8H,1-5H2. The summed E-state index contributed by atoms with van der Waals surface area (Å²) in [5, 5.41) is 13.7. The van der Waals surface area contributed by atoms with Crippen molar-refractivity contribution in [1.82, 2.24) is 14.7 Å². The number of hydrogen-bond donors (Lipinski definition) is 1. The molecule has 0 saturated carbocycles. The van der Waals surface area contributed by atoms with Crippen LogP contribution in [0.1, 0.15) is 0 Å². The second kappa shape index (κ2) is 5.06. The van der Waals surface area contributed by atoms with E-state index >= 15 is 0 Å². The highest BCUT2D eigenvalue weighted by Gasteiger charge is 2.21. The first-order valence-electron chi connectivity index (χ1n) is 4.42. The number of amides is 2. The number of carbonyl (C=O) groups excluding carboxylic acids is 2. The Morgan fingerprint density at radius 3 is 2.27 bits per heavy atom. The van der Waals surface area contributed by atoms with E-state index in [9.17, 15) is 14.7 Å². The fourth-order valence-corrected chi connectivity index (χ4v) is 1.33. The molecular weight excluding hydrogens is 202 g/mol. The molecule has 15 heavy (non-hydrogen) atoms. The fraction of sp³-hybridized carbons (Fsp3) is 0.714. The summed E-state index contributed by atoms with van der Waals surface area (Å²) in [6.45, 7) is 1.02. The molecule has 2 amide bonds. The summed E-state index contributed by atoms with van der Waals surface area (Å²) in [6.07, 6.45) is -1.21. The fourth-order valence-electron chi connectivity index (χ4n) is 1.33. The Labute approximate surface area is 85.7 Å². The van der Waals surface area contributed by atoms with Crippen LogP contribution in [0.2, 0.25) is 0 Å². The van der Waals surface area contributed by atoms with Crippen LogP contribution >= 0.6 is 0 Å². The summed E-state index contributed by atoms with van der Waals surface area (Å²) < 4.78 is 0. The molecule has 1 N–H and O–H groups in total. The predicted molar refractivity (Wildman–Crippen MR) is 45.7 cm³/mol. The Balaban J connectivity index is 2.39. The van der Waals surface area contributed by atoms with E-state index in [2.05, 4.69) is 10.0 Å². The number of nitrogens with zero attached hydrogens (tertiary/aromatic N) is 4. The van der Waals surface area contributed by atoms with E-state index in [4.69, 9.17) is 5.53 Å². The molecule has 0 radical (unpaired) electrons. The van der Waals surface area contributed by atoms with Gasteiger partial charge in [-0.1, -0.05) is 0 Å². The third-order valence-electron chi connectivity index (χ3n) is 2.17. The SMILES string of the molecule is N=[N+]=NCC(=O)N1CCN(C(=O)[O-])CC1. The molecule has 82 valence electrons. The number of nitrogens with one attached hydrogen (secondary N) is 1. The summed E-state index contributed by atoms with van der Waals surface area (Å²) >= 11 is 0. The molecule has 1 heterocycles. The van der Waals surface area contributed by atoms with Gasteiger partial charge in [-0.15, -0.1) is 0 Å². The summed E-state index contributed by atoms with van der Waals surface area (Å²) in [5.41, 5.74) is 6.39. The van der Waals surface area contributed by atoms with Crippen molar-refractivity contribution in [1.29, 1.82) is 5.53 Å². The van der Waals surface area contributed by atoms with Crippen LogP contribution in [0.4, 0.5) is 4.79 Å². The van der Waals surface area contributed by atoms with Crippen LogP contribution in [-0.4, -0.2) is 54.5 Å². The van der Waals surface area contributed by atoms with Gasteiger partial charge in [0.05, 0.1) is 0 Å². The molecule has 0 bridgehead atoms. The van der Waals surface area contributed by atoms with Gasteiger partial charge in [-0.3, -0.25) is 4.79 Å². The van der Waals surface area contributed by atoms with E-state index < -0.39 is 6.09 Å². The van der Waals surface area contributed by atoms with Gasteiger partial charge in [0.15, 0.2) is 0 Å². The topological polar surface area (TPSA) is 114 Å². The van der Waals surface area contributed by atoms with Crippen LogP contribution in [0.15, 0.2) is 5.11 Å². The molecule has 1 saturated heterocycles. The molecule has 0 atom stereocenters. The number of piperazine rings is 1. The van der Waals surface area contributed by atoms with E-state index in [1.807, 2.05) is 0 Å². The smallest absolute Gasteiger partial charge is 0.251 e. The second-order valence-corrected chi connectivity index (χ2v) is 3.03. The van der Waals surface area contributed by atoms with Crippen LogP contribution in [-0.2, 0) is 4.79 Å². The van der Waals surface area contributed by atoms with Gasteiger partial charge in [0.25, 0.3) is 5.91 Å². The molecule has 1 aliphatic heterocycles. The van der Waals surface area contributed by atoms with Gasteiger partial charge in [0.1, 0.15) is 16.7 Å². The van der Waals surface area contributed by atoms with Gasteiger partial charge < -0.3 is 19.7 Å². The Hall–Kier alpha value is -1.95. The maximum atomic E-state index is 11.3. The van der Waals surface area contributed by atoms with Gasteiger partial charge in [-0.05, 0) is 0 Å². The number of hydrogen-bond acceptors (Lipinski definition) is 5. The highest BCUT2D eigenvalue weighted by Crippen LogP contribution is 2.01. The molecule has 0 spiro atoms. The Kier molecular flexibility index (Phi) is 3.75. The van der Waals surface area contributed by atoms with Crippen LogP contribution in [0.5, 0.6) is 0 Å². The number of carboxylic acid groups (broad SMARTS) is 1. The molecule has 0 aliphatic carbocycles. The van der Waals surface area contributed by atoms with Crippen LogP contribution in [0, 0.1) is 5.53 Å². The summed E-state index contributed by atoms with van der Waals surface area (Å²) in [4.78, 5) is 27.2. The molecule has 8 heteroatoms. The Morgan fingerprint density at radius 2 is 1.80 bits per heavy atom. The van der Waals surface area contributed by atoms with E-state index in [1.165, 1.54) is 4.90 Å². The largest absolute Gasteiger partial charge is 0.530 e. The molecule has 0 unspecified atom stereocenters. The third kappa shape index (κ3) is 3.03. The van der Waals surface area contributed by atoms with Crippen molar-refractivity contribution in [3.8, 4) is 0 Å². The zero-order valence-electron chi connectivity index (χ0n) is 8.05. The Bertz CT molecular complexity index is 304. The van der Waals surface area contributed by atoms with Gasteiger partial charge in [0, 0.05) is 26.2 Å². The maximum absolute atomic E-state index is 11.3. The lowest BCUT2D eigenvalue weighted by Gasteiger charge is -2.35. The van der Waals surface area contributed by atoms with Crippen molar-refractivity contribution in [2.75, 3.05) is 32.7 Å². The minimum absolute atomic E-state index is 0.158. The van der Waals surface area contributed by atoms with Crippen LogP contribution < -0.4 is 10.0 Å². The van der Waals surface area contributed by atoms with E-state index in [0.29, 0.717) is 13.1 Å². The maximum Gasteiger partial charge on any atom is 0.251 e. The normalized spacial score (nSPS) is 15.7. The summed E-state index contributed by atoms with van der Waals surface area (Å²) in [6, 6.07) is 0. The first kappa shape index (κ1) is 11.1. The molecule has 0 aromatic rings. The van der Waals surface area contributed by atoms with Crippen LogP contribution in [0.25, 0.3) is 0 Å². The molecule has 1 aliphatic rings. The van der Waals surface area contributed by atoms with Crippen molar-refractivity contribution in [3.63, 3.8) is 0 Å². The highest BCUT2D eigenvalue weighted by atomic mass is 16.4. The van der Waals surface area contributed by atoms with E-state index in [-0.39, 0.29) is 25.5 Å². The van der Waals surface area contributed by atoms with Gasteiger partial charge in [-0.2, -0.15) is 0 Å². The third-order valence-corrected chi connectivity index (χ3v) is 2.17. The van der Waals surface area contributed by atoms with Crippen molar-refractivity contribution in [2.45, 2.75) is 0 Å². The highest BCUT2D eigenvalue weighted by molar-refractivity contribution is 5.78. The molecule has 1 fully saturated rings. The molecule has 0 aromatic carbocycles. The van der Waals surface area contributed by atoms with Crippen molar-refractivity contribution < 1.29 is 14.7 Å². The van der Waals surface area contributed by atoms with Crippen molar-refractivity contribution in [2.24, 2.45) is 5.11 Å². The second-order valence-electron chi connectivity index (χ2n) is 3.03. The average molecular weight is 213 g/mol. The summed E-state index contributed by atoms with van der Waals surface area (Å²) in [7, 11) is 0. The lowest BCUT2D eigenvalue weighted by atomic mass is 10.3. The minimum Gasteiger partial charge on any atom is -0.530 e. The van der Waals surface area contributed by atoms with Gasteiger partial charge in [-0.25, -0.2) is 0 Å². The van der Waals surface area contributed by atoms with Gasteiger partial charge in [0.2, 0.25) is 11.5 Å². The van der Waals surface area contributed by atoms with E-state index in [0.717, 1.165) is 4.90 Å². The van der Waals surface area contributed by atoms with Crippen molar-refractivity contribution >= 4 is 12.0 Å². The predicted octanol–water partition coefficient (Wildman–Crippen LogP) is -1.98. The molecular formula is C7H11N5O3. The zero-order chi connectivity index (χ0) is 11.3. The first-order valence-corrected chi connectivity index (χ1v) is 4.42. The average Bonchev–Trinajstić information content (AvgIpc) is 2.26. The zero-order valence-corrected chi connectivity index (χ0v) is 8.05. The monoisotopic (exact) mass is 213 g/mol. The van der Waals surface area contributed by atoms with E-state index in [1.54, 1.807) is 0 Å². The summed E-state index contributed by atoms with van der Waals surface area (Å²) in [5.74, 6) is -0.246. The number of rotatable bonds is 2. The lowest BCUT2D eigenvalue weighted by Crippen LogP contribution is -2.54. The van der Waals surface area contributed by atoms with Crippen LogP contribution in [0.3, 0.4) is 0 Å². The Morgan fingerprint density at radius 1 is 1.27 bits per heavy atom. The first-order chi connectivity index (χ1) is 7.15. The van der Waals surface area contributed by atoms with Gasteiger partial charge >= 0.3 is 0 Å². The lowest BCUT2D eigenvalue weighted by molar-refractivity contribution is -0.266. The quantitative estimate of drug-likeness (QED) is 0.423. The van der Waals surface area contributed by atoms with Crippen molar-refractivity contribution in [3.05, 3.63) is 0 Å². The number of carbonyl (C=O) groups is 2. The minimum atomic E-state index is -1.21. The molecule has 0 aromatic heterocycles.